The number of nitrogens with zero attached hydrogens (tertiary/aromatic N) is 1. The van der Waals surface area contributed by atoms with Crippen LogP contribution in [-0.2, 0) is 6.54 Å². The standard InChI is InChI=1S/C14H14N2O4/c1-9-3-4-11(10(2)7-9)8-15-14(17)12-5-6-13(20-12)16(18)19/h3-7H,8H2,1-2H3,(H,15,17). The predicted molar refractivity (Wildman–Crippen MR) is 72.4 cm³/mol. The molecule has 1 N–H and O–H groups in total. The summed E-state index contributed by atoms with van der Waals surface area (Å²) in [5, 5.41) is 13.1. The average Bonchev–Trinajstić information content (AvgIpc) is 2.87. The maximum Gasteiger partial charge on any atom is 0.433 e. The Morgan fingerprint density at radius 2 is 2.05 bits per heavy atom. The van der Waals surface area contributed by atoms with E-state index in [-0.39, 0.29) is 5.76 Å². The molecule has 1 amide bonds. The van der Waals surface area contributed by atoms with Crippen LogP contribution in [-0.4, -0.2) is 10.8 Å². The van der Waals surface area contributed by atoms with E-state index in [2.05, 4.69) is 5.32 Å². The largest absolute Gasteiger partial charge is 0.433 e. The van der Waals surface area contributed by atoms with Gasteiger partial charge < -0.3 is 9.73 Å². The van der Waals surface area contributed by atoms with Crippen molar-refractivity contribution in [2.75, 3.05) is 0 Å². The van der Waals surface area contributed by atoms with Crippen molar-refractivity contribution in [2.45, 2.75) is 20.4 Å². The normalized spacial score (nSPS) is 10.3. The second-order valence-corrected chi connectivity index (χ2v) is 4.51. The third-order valence-electron chi connectivity index (χ3n) is 2.93. The molecule has 104 valence electrons. The van der Waals surface area contributed by atoms with E-state index in [1.54, 1.807) is 0 Å². The van der Waals surface area contributed by atoms with Gasteiger partial charge in [0.15, 0.2) is 5.76 Å². The van der Waals surface area contributed by atoms with Gasteiger partial charge in [-0.3, -0.25) is 14.9 Å². The highest BCUT2D eigenvalue weighted by atomic mass is 16.6. The van der Waals surface area contributed by atoms with Crippen LogP contribution >= 0.6 is 0 Å². The van der Waals surface area contributed by atoms with Crippen molar-refractivity contribution in [1.29, 1.82) is 0 Å². The van der Waals surface area contributed by atoms with E-state index < -0.39 is 16.7 Å². The number of nitrogens with one attached hydrogen (secondary N) is 1. The predicted octanol–water partition coefficient (Wildman–Crippen LogP) is 2.73. The highest BCUT2D eigenvalue weighted by Gasteiger charge is 2.17. The van der Waals surface area contributed by atoms with Crippen LogP contribution in [0.4, 0.5) is 5.88 Å². The quantitative estimate of drug-likeness (QED) is 0.686. The monoisotopic (exact) mass is 274 g/mol. The Morgan fingerprint density at radius 3 is 2.65 bits per heavy atom. The molecule has 0 aliphatic carbocycles. The van der Waals surface area contributed by atoms with Gasteiger partial charge in [0.25, 0.3) is 5.91 Å². The summed E-state index contributed by atoms with van der Waals surface area (Å²) in [7, 11) is 0. The molecule has 20 heavy (non-hydrogen) atoms. The summed E-state index contributed by atoms with van der Waals surface area (Å²) in [5.74, 6) is -0.985. The molecule has 0 fully saturated rings. The number of rotatable bonds is 4. The fraction of sp³-hybridized carbons (Fsp3) is 0.214. The van der Waals surface area contributed by atoms with Crippen LogP contribution in [0.3, 0.4) is 0 Å². The zero-order valence-corrected chi connectivity index (χ0v) is 11.2. The highest BCUT2D eigenvalue weighted by molar-refractivity contribution is 5.91. The van der Waals surface area contributed by atoms with Crippen molar-refractivity contribution in [2.24, 2.45) is 0 Å². The summed E-state index contributed by atoms with van der Waals surface area (Å²) in [6.07, 6.45) is 0. The number of amides is 1. The Kier molecular flexibility index (Phi) is 3.84. The van der Waals surface area contributed by atoms with Crippen molar-refractivity contribution < 1.29 is 14.1 Å². The molecule has 1 heterocycles. The van der Waals surface area contributed by atoms with Gasteiger partial charge in [-0.05, 0) is 31.0 Å². The van der Waals surface area contributed by atoms with Crippen LogP contribution in [0.25, 0.3) is 0 Å². The SMILES string of the molecule is Cc1ccc(CNC(=O)c2ccc([N+](=O)[O-])o2)c(C)c1. The van der Waals surface area contributed by atoms with Crippen LogP contribution in [0.15, 0.2) is 34.7 Å². The average molecular weight is 274 g/mol. The lowest BCUT2D eigenvalue weighted by atomic mass is 10.1. The summed E-state index contributed by atoms with van der Waals surface area (Å²) in [4.78, 5) is 21.6. The Bertz CT molecular complexity index is 661. The first kappa shape index (κ1) is 13.8. The molecule has 1 aromatic heterocycles. The van der Waals surface area contributed by atoms with E-state index >= 15 is 0 Å². The van der Waals surface area contributed by atoms with E-state index in [1.807, 2.05) is 32.0 Å². The van der Waals surface area contributed by atoms with Crippen molar-refractivity contribution in [3.8, 4) is 0 Å². The molecular weight excluding hydrogens is 260 g/mol. The third-order valence-corrected chi connectivity index (χ3v) is 2.93. The molecule has 0 saturated heterocycles. The molecule has 6 nitrogen and oxygen atoms in total. The fourth-order valence-electron chi connectivity index (χ4n) is 1.85. The molecule has 0 atom stereocenters. The maximum atomic E-state index is 11.8. The molecular formula is C14H14N2O4. The number of hydrogen-bond donors (Lipinski definition) is 1. The molecule has 0 spiro atoms. The van der Waals surface area contributed by atoms with E-state index in [9.17, 15) is 14.9 Å². The first-order valence-electron chi connectivity index (χ1n) is 6.06. The number of hydrogen-bond acceptors (Lipinski definition) is 4. The van der Waals surface area contributed by atoms with Crippen LogP contribution in [0.2, 0.25) is 0 Å². The Balaban J connectivity index is 2.02. The van der Waals surface area contributed by atoms with Gasteiger partial charge in [-0.25, -0.2) is 0 Å². The Morgan fingerprint density at radius 1 is 1.30 bits per heavy atom. The van der Waals surface area contributed by atoms with Crippen LogP contribution in [0.1, 0.15) is 27.2 Å². The number of carbonyl (C=O) groups is 1. The van der Waals surface area contributed by atoms with Crippen LogP contribution in [0.5, 0.6) is 0 Å². The minimum atomic E-state index is -0.680. The van der Waals surface area contributed by atoms with Gasteiger partial charge >= 0.3 is 5.88 Å². The van der Waals surface area contributed by atoms with E-state index in [1.165, 1.54) is 6.07 Å². The van der Waals surface area contributed by atoms with Gasteiger partial charge in [0, 0.05) is 6.54 Å². The fourth-order valence-corrected chi connectivity index (χ4v) is 1.85. The number of nitro groups is 1. The molecule has 2 aromatic rings. The maximum absolute atomic E-state index is 11.8. The molecule has 0 bridgehead atoms. The van der Waals surface area contributed by atoms with Gasteiger partial charge in [0.2, 0.25) is 0 Å². The molecule has 2 rings (SSSR count). The zero-order chi connectivity index (χ0) is 14.7. The summed E-state index contributed by atoms with van der Waals surface area (Å²) >= 11 is 0. The molecule has 0 saturated carbocycles. The molecule has 0 radical (unpaired) electrons. The molecule has 6 heteroatoms. The minimum Gasteiger partial charge on any atom is -0.395 e. The number of furan rings is 1. The van der Waals surface area contributed by atoms with Gasteiger partial charge in [-0.15, -0.1) is 0 Å². The number of benzene rings is 1. The first-order valence-corrected chi connectivity index (χ1v) is 6.06. The van der Waals surface area contributed by atoms with Crippen molar-refractivity contribution in [3.05, 3.63) is 62.9 Å². The smallest absolute Gasteiger partial charge is 0.395 e. The van der Waals surface area contributed by atoms with Gasteiger partial charge in [-0.2, -0.15) is 0 Å². The third kappa shape index (κ3) is 3.03. The second-order valence-electron chi connectivity index (χ2n) is 4.51. The van der Waals surface area contributed by atoms with Crippen molar-refractivity contribution >= 4 is 11.8 Å². The van der Waals surface area contributed by atoms with Crippen molar-refractivity contribution in [3.63, 3.8) is 0 Å². The Labute approximate surface area is 115 Å². The highest BCUT2D eigenvalue weighted by Crippen LogP contribution is 2.16. The van der Waals surface area contributed by atoms with Crippen molar-refractivity contribution in [1.82, 2.24) is 5.32 Å². The lowest BCUT2D eigenvalue weighted by molar-refractivity contribution is -0.402. The number of carbonyl (C=O) groups excluding carboxylic acids is 1. The van der Waals surface area contributed by atoms with Gasteiger partial charge in [0.1, 0.15) is 4.92 Å². The minimum absolute atomic E-state index is 0.0681. The molecule has 0 aliphatic rings. The second kappa shape index (κ2) is 5.56. The van der Waals surface area contributed by atoms with Crippen LogP contribution < -0.4 is 5.32 Å². The molecule has 1 aromatic carbocycles. The van der Waals surface area contributed by atoms with E-state index in [4.69, 9.17) is 4.42 Å². The van der Waals surface area contributed by atoms with E-state index in [0.717, 1.165) is 22.8 Å². The lowest BCUT2D eigenvalue weighted by Gasteiger charge is -2.07. The van der Waals surface area contributed by atoms with Gasteiger partial charge in [0.05, 0.1) is 6.07 Å². The van der Waals surface area contributed by atoms with Gasteiger partial charge in [-0.1, -0.05) is 23.8 Å². The topological polar surface area (TPSA) is 85.4 Å². The Hall–Kier alpha value is -2.63. The number of aryl methyl sites for hydroxylation is 2. The summed E-state index contributed by atoms with van der Waals surface area (Å²) in [5.41, 5.74) is 3.22. The summed E-state index contributed by atoms with van der Waals surface area (Å²) < 4.78 is 4.83. The van der Waals surface area contributed by atoms with E-state index in [0.29, 0.717) is 6.54 Å². The molecule has 0 aliphatic heterocycles. The lowest BCUT2D eigenvalue weighted by Crippen LogP contribution is -2.22. The first-order chi connectivity index (χ1) is 9.47. The summed E-state index contributed by atoms with van der Waals surface area (Å²) in [6, 6.07) is 8.38. The summed E-state index contributed by atoms with van der Waals surface area (Å²) in [6.45, 7) is 4.31. The van der Waals surface area contributed by atoms with Crippen LogP contribution in [0, 0.1) is 24.0 Å². The zero-order valence-electron chi connectivity index (χ0n) is 11.2. The molecule has 0 unspecified atom stereocenters.